The van der Waals surface area contributed by atoms with Crippen LogP contribution in [-0.2, 0) is 6.61 Å². The number of ether oxygens (including phenoxy) is 1. The highest BCUT2D eigenvalue weighted by Crippen LogP contribution is 2.22. The largest absolute Gasteiger partial charge is 0.488 e. The van der Waals surface area contributed by atoms with Crippen molar-refractivity contribution in [3.8, 4) is 5.75 Å². The molecule has 0 saturated heterocycles. The molecule has 0 fully saturated rings. The molecule has 20 heavy (non-hydrogen) atoms. The molecule has 0 atom stereocenters. The third-order valence-electron chi connectivity index (χ3n) is 3.50. The minimum absolute atomic E-state index is 0.488. The van der Waals surface area contributed by atoms with E-state index in [0.717, 1.165) is 11.8 Å². The standard InChI is InChI=1S/C18H20O2/c1-12-5-6-18(16(9-12)10-19)20-11-17-14(3)7-13(2)8-15(17)4/h5-10H,11H2,1-4H3. The highest BCUT2D eigenvalue weighted by atomic mass is 16.5. The van der Waals surface area contributed by atoms with Gasteiger partial charge in [-0.3, -0.25) is 4.79 Å². The minimum Gasteiger partial charge on any atom is -0.488 e. The maximum Gasteiger partial charge on any atom is 0.153 e. The van der Waals surface area contributed by atoms with Crippen molar-refractivity contribution >= 4 is 6.29 Å². The Bertz CT molecular complexity index is 619. The van der Waals surface area contributed by atoms with Gasteiger partial charge < -0.3 is 4.74 Å². The summed E-state index contributed by atoms with van der Waals surface area (Å²) in [6.45, 7) is 8.73. The van der Waals surface area contributed by atoms with Crippen LogP contribution in [0, 0.1) is 27.7 Å². The summed E-state index contributed by atoms with van der Waals surface area (Å²) >= 11 is 0. The summed E-state index contributed by atoms with van der Waals surface area (Å²) in [4.78, 5) is 11.1. The van der Waals surface area contributed by atoms with Gasteiger partial charge in [0.1, 0.15) is 12.4 Å². The van der Waals surface area contributed by atoms with Gasteiger partial charge in [0.05, 0.1) is 5.56 Å². The molecule has 2 aromatic carbocycles. The van der Waals surface area contributed by atoms with Gasteiger partial charge in [0.15, 0.2) is 6.29 Å². The van der Waals surface area contributed by atoms with Gasteiger partial charge in [0.2, 0.25) is 0 Å². The van der Waals surface area contributed by atoms with E-state index in [1.807, 2.05) is 25.1 Å². The summed E-state index contributed by atoms with van der Waals surface area (Å²) in [5, 5.41) is 0. The highest BCUT2D eigenvalue weighted by molar-refractivity contribution is 5.79. The summed E-state index contributed by atoms with van der Waals surface area (Å²) in [7, 11) is 0. The molecular weight excluding hydrogens is 248 g/mol. The van der Waals surface area contributed by atoms with Crippen molar-refractivity contribution in [3.63, 3.8) is 0 Å². The third-order valence-corrected chi connectivity index (χ3v) is 3.50. The molecule has 0 radical (unpaired) electrons. The molecule has 2 rings (SSSR count). The van der Waals surface area contributed by atoms with Crippen LogP contribution in [0.15, 0.2) is 30.3 Å². The molecule has 2 heteroatoms. The molecule has 0 aromatic heterocycles. The lowest BCUT2D eigenvalue weighted by molar-refractivity contribution is 0.111. The number of aldehydes is 1. The topological polar surface area (TPSA) is 26.3 Å². The second kappa shape index (κ2) is 5.91. The van der Waals surface area contributed by atoms with Crippen LogP contribution in [-0.4, -0.2) is 6.29 Å². The quantitative estimate of drug-likeness (QED) is 0.772. The molecule has 104 valence electrons. The number of hydrogen-bond donors (Lipinski definition) is 0. The Morgan fingerprint density at radius 1 is 0.950 bits per heavy atom. The Hall–Kier alpha value is -2.09. The fourth-order valence-electron chi connectivity index (χ4n) is 2.48. The SMILES string of the molecule is Cc1cc(C)c(COc2ccc(C)cc2C=O)c(C)c1. The number of benzene rings is 2. The van der Waals surface area contributed by atoms with E-state index in [2.05, 4.69) is 32.9 Å². The Balaban J connectivity index is 2.23. The number of aryl methyl sites for hydroxylation is 4. The van der Waals surface area contributed by atoms with Gasteiger partial charge in [0, 0.05) is 0 Å². The van der Waals surface area contributed by atoms with Crippen molar-refractivity contribution in [3.05, 3.63) is 63.7 Å². The van der Waals surface area contributed by atoms with Gasteiger partial charge in [-0.25, -0.2) is 0 Å². The van der Waals surface area contributed by atoms with Crippen molar-refractivity contribution in [1.29, 1.82) is 0 Å². The average molecular weight is 268 g/mol. The Morgan fingerprint density at radius 3 is 2.20 bits per heavy atom. The molecule has 0 spiro atoms. The van der Waals surface area contributed by atoms with E-state index in [-0.39, 0.29) is 0 Å². The van der Waals surface area contributed by atoms with Crippen molar-refractivity contribution in [2.45, 2.75) is 34.3 Å². The van der Waals surface area contributed by atoms with E-state index in [1.165, 1.54) is 22.3 Å². The monoisotopic (exact) mass is 268 g/mol. The summed E-state index contributed by atoms with van der Waals surface area (Å²) in [6.07, 6.45) is 0.844. The van der Waals surface area contributed by atoms with E-state index < -0.39 is 0 Å². The van der Waals surface area contributed by atoms with Crippen LogP contribution in [0.1, 0.15) is 38.2 Å². The average Bonchev–Trinajstić information content (AvgIpc) is 2.38. The maximum absolute atomic E-state index is 11.1. The molecule has 0 aliphatic heterocycles. The van der Waals surface area contributed by atoms with Gasteiger partial charge in [-0.1, -0.05) is 29.3 Å². The summed E-state index contributed by atoms with van der Waals surface area (Å²) in [5.74, 6) is 0.643. The van der Waals surface area contributed by atoms with Gasteiger partial charge >= 0.3 is 0 Å². The molecule has 0 aliphatic rings. The van der Waals surface area contributed by atoms with Gasteiger partial charge in [-0.15, -0.1) is 0 Å². The lowest BCUT2D eigenvalue weighted by atomic mass is 10.0. The summed E-state index contributed by atoms with van der Waals surface area (Å²) in [6, 6.07) is 9.97. The Labute approximate surface area is 120 Å². The van der Waals surface area contributed by atoms with E-state index >= 15 is 0 Å². The first-order valence-corrected chi connectivity index (χ1v) is 6.76. The van der Waals surface area contributed by atoms with Crippen molar-refractivity contribution < 1.29 is 9.53 Å². The second-order valence-electron chi connectivity index (χ2n) is 5.33. The first-order chi connectivity index (χ1) is 9.51. The zero-order valence-electron chi connectivity index (χ0n) is 12.5. The molecule has 0 amide bonds. The highest BCUT2D eigenvalue weighted by Gasteiger charge is 2.07. The molecule has 0 unspecified atom stereocenters. The molecule has 0 aliphatic carbocycles. The predicted octanol–water partition coefficient (Wildman–Crippen LogP) is 4.31. The summed E-state index contributed by atoms with van der Waals surface area (Å²) < 4.78 is 5.84. The van der Waals surface area contributed by atoms with E-state index in [0.29, 0.717) is 17.9 Å². The lowest BCUT2D eigenvalue weighted by Gasteiger charge is -2.14. The Kier molecular flexibility index (Phi) is 4.23. The molecule has 0 saturated carbocycles. The van der Waals surface area contributed by atoms with Gasteiger partial charge in [-0.2, -0.15) is 0 Å². The van der Waals surface area contributed by atoms with E-state index in [9.17, 15) is 4.79 Å². The molecule has 0 heterocycles. The second-order valence-corrected chi connectivity index (χ2v) is 5.33. The smallest absolute Gasteiger partial charge is 0.153 e. The zero-order valence-corrected chi connectivity index (χ0v) is 12.5. The van der Waals surface area contributed by atoms with Crippen molar-refractivity contribution in [2.75, 3.05) is 0 Å². The van der Waals surface area contributed by atoms with E-state index in [4.69, 9.17) is 4.74 Å². The first kappa shape index (κ1) is 14.3. The van der Waals surface area contributed by atoms with Crippen LogP contribution in [0.2, 0.25) is 0 Å². The number of carbonyl (C=O) groups excluding carboxylic acids is 1. The van der Waals surface area contributed by atoms with E-state index in [1.54, 1.807) is 0 Å². The van der Waals surface area contributed by atoms with Crippen LogP contribution >= 0.6 is 0 Å². The zero-order chi connectivity index (χ0) is 14.7. The van der Waals surface area contributed by atoms with Gasteiger partial charge in [0.25, 0.3) is 0 Å². The molecule has 2 aromatic rings. The van der Waals surface area contributed by atoms with Gasteiger partial charge in [-0.05, 0) is 56.5 Å². The molecular formula is C18H20O2. The normalized spacial score (nSPS) is 10.4. The first-order valence-electron chi connectivity index (χ1n) is 6.76. The van der Waals surface area contributed by atoms with Crippen molar-refractivity contribution in [2.24, 2.45) is 0 Å². The Morgan fingerprint density at radius 2 is 1.60 bits per heavy atom. The van der Waals surface area contributed by atoms with Crippen LogP contribution in [0.3, 0.4) is 0 Å². The number of carbonyl (C=O) groups is 1. The van der Waals surface area contributed by atoms with Crippen LogP contribution in [0.5, 0.6) is 5.75 Å². The van der Waals surface area contributed by atoms with Crippen LogP contribution in [0.25, 0.3) is 0 Å². The molecule has 2 nitrogen and oxygen atoms in total. The van der Waals surface area contributed by atoms with Crippen LogP contribution in [0.4, 0.5) is 0 Å². The molecule has 0 bridgehead atoms. The maximum atomic E-state index is 11.1. The number of hydrogen-bond acceptors (Lipinski definition) is 2. The fourth-order valence-corrected chi connectivity index (χ4v) is 2.48. The predicted molar refractivity (Wildman–Crippen MR) is 81.6 cm³/mol. The van der Waals surface area contributed by atoms with Crippen molar-refractivity contribution in [1.82, 2.24) is 0 Å². The van der Waals surface area contributed by atoms with Crippen LogP contribution < -0.4 is 4.74 Å². The number of rotatable bonds is 4. The third kappa shape index (κ3) is 3.08. The minimum atomic E-state index is 0.488. The molecule has 0 N–H and O–H groups in total. The summed E-state index contributed by atoms with van der Waals surface area (Å²) in [5.41, 5.74) is 6.56. The fraction of sp³-hybridized carbons (Fsp3) is 0.278. The lowest BCUT2D eigenvalue weighted by Crippen LogP contribution is -2.03.